The minimum absolute atomic E-state index is 0.0841. The van der Waals surface area contributed by atoms with Crippen molar-refractivity contribution in [2.24, 2.45) is 0 Å². The summed E-state index contributed by atoms with van der Waals surface area (Å²) in [6.07, 6.45) is 3.91. The minimum Gasteiger partial charge on any atom is -0.494 e. The number of thiophene rings is 1. The van der Waals surface area contributed by atoms with E-state index in [0.29, 0.717) is 18.6 Å². The van der Waals surface area contributed by atoms with Gasteiger partial charge in [0.1, 0.15) is 5.75 Å². The first-order valence-corrected chi connectivity index (χ1v) is 11.1. The zero-order chi connectivity index (χ0) is 20.6. The highest BCUT2D eigenvalue weighted by Gasteiger charge is 2.37. The van der Waals surface area contributed by atoms with Crippen molar-refractivity contribution < 1.29 is 4.74 Å². The van der Waals surface area contributed by atoms with Crippen molar-refractivity contribution in [2.45, 2.75) is 64.6 Å². The van der Waals surface area contributed by atoms with E-state index in [0.717, 1.165) is 29.2 Å². The molecule has 0 bridgehead atoms. The number of rotatable bonds is 5. The summed E-state index contributed by atoms with van der Waals surface area (Å²) >= 11 is 1.74. The molecule has 5 nitrogen and oxygen atoms in total. The van der Waals surface area contributed by atoms with E-state index in [9.17, 15) is 0 Å². The summed E-state index contributed by atoms with van der Waals surface area (Å²) in [5.41, 5.74) is 1.12. The molecule has 0 unspecified atom stereocenters. The number of anilines is 1. The normalized spacial score (nSPS) is 18.7. The molecule has 0 amide bonds. The maximum absolute atomic E-state index is 5.63. The first kappa shape index (κ1) is 20.1. The SMILES string of the molecule is CCOc1ccc2cc(-c3ccnc(NC4CC(C)(C)NC(C)(C)C4)n3)sc2c1. The summed E-state index contributed by atoms with van der Waals surface area (Å²) in [5, 5.41) is 8.52. The fraction of sp³-hybridized carbons (Fsp3) is 0.478. The highest BCUT2D eigenvalue weighted by atomic mass is 32.1. The topological polar surface area (TPSA) is 59.1 Å². The van der Waals surface area contributed by atoms with E-state index in [1.54, 1.807) is 11.3 Å². The largest absolute Gasteiger partial charge is 0.494 e. The van der Waals surface area contributed by atoms with Gasteiger partial charge in [0.25, 0.3) is 0 Å². The second kappa shape index (κ2) is 7.58. The van der Waals surface area contributed by atoms with Gasteiger partial charge in [0.2, 0.25) is 5.95 Å². The van der Waals surface area contributed by atoms with Crippen molar-refractivity contribution in [2.75, 3.05) is 11.9 Å². The number of nitrogens with zero attached hydrogens (tertiary/aromatic N) is 2. The Hall–Kier alpha value is -2.18. The second-order valence-electron chi connectivity index (χ2n) is 9.15. The monoisotopic (exact) mass is 410 g/mol. The van der Waals surface area contributed by atoms with Gasteiger partial charge in [-0.2, -0.15) is 0 Å². The van der Waals surface area contributed by atoms with Gasteiger partial charge in [-0.1, -0.05) is 0 Å². The summed E-state index contributed by atoms with van der Waals surface area (Å²) in [4.78, 5) is 10.5. The molecule has 154 valence electrons. The Kier molecular flexibility index (Phi) is 5.25. The number of fused-ring (bicyclic) bond motifs is 1. The van der Waals surface area contributed by atoms with Gasteiger partial charge in [-0.05, 0) is 83.2 Å². The lowest BCUT2D eigenvalue weighted by Gasteiger charge is -2.46. The van der Waals surface area contributed by atoms with Crippen LogP contribution in [-0.2, 0) is 0 Å². The molecule has 1 saturated heterocycles. The van der Waals surface area contributed by atoms with E-state index in [2.05, 4.69) is 61.5 Å². The molecular weight excluding hydrogens is 380 g/mol. The van der Waals surface area contributed by atoms with Crippen LogP contribution in [0.4, 0.5) is 5.95 Å². The van der Waals surface area contributed by atoms with Gasteiger partial charge in [-0.3, -0.25) is 0 Å². The van der Waals surface area contributed by atoms with E-state index in [1.165, 1.54) is 10.1 Å². The first-order valence-electron chi connectivity index (χ1n) is 10.3. The van der Waals surface area contributed by atoms with Gasteiger partial charge >= 0.3 is 0 Å². The van der Waals surface area contributed by atoms with Gasteiger partial charge in [-0.15, -0.1) is 11.3 Å². The van der Waals surface area contributed by atoms with Crippen LogP contribution in [0.2, 0.25) is 0 Å². The second-order valence-corrected chi connectivity index (χ2v) is 10.2. The van der Waals surface area contributed by atoms with Gasteiger partial charge in [0.05, 0.1) is 17.2 Å². The standard InChI is InChI=1S/C23H30N4OS/c1-6-28-17-8-7-15-11-20(29-19(15)12-17)18-9-10-24-21(26-18)25-16-13-22(2,3)27-23(4,5)14-16/h7-12,16,27H,6,13-14H2,1-5H3,(H,24,25,26). The predicted molar refractivity (Wildman–Crippen MR) is 122 cm³/mol. The Labute approximate surface area is 176 Å². The molecule has 0 aliphatic carbocycles. The molecule has 6 heteroatoms. The maximum atomic E-state index is 5.63. The van der Waals surface area contributed by atoms with Crippen molar-refractivity contribution in [3.8, 4) is 16.3 Å². The molecule has 1 aliphatic heterocycles. The summed E-state index contributed by atoms with van der Waals surface area (Å²) in [7, 11) is 0. The third-order valence-electron chi connectivity index (χ3n) is 5.23. The maximum Gasteiger partial charge on any atom is 0.223 e. The average Bonchev–Trinajstić information content (AvgIpc) is 3.03. The first-order chi connectivity index (χ1) is 13.7. The lowest BCUT2D eigenvalue weighted by molar-refractivity contribution is 0.170. The number of ether oxygens (including phenoxy) is 1. The summed E-state index contributed by atoms with van der Waals surface area (Å²) in [5.74, 6) is 1.61. The van der Waals surface area contributed by atoms with Crippen LogP contribution >= 0.6 is 11.3 Å². The Morgan fingerprint density at radius 3 is 2.62 bits per heavy atom. The molecule has 0 radical (unpaired) electrons. The van der Waals surface area contributed by atoms with Crippen molar-refractivity contribution in [1.29, 1.82) is 0 Å². The lowest BCUT2D eigenvalue weighted by Crippen LogP contribution is -2.60. The van der Waals surface area contributed by atoms with Crippen molar-refractivity contribution in [1.82, 2.24) is 15.3 Å². The molecule has 1 fully saturated rings. The van der Waals surface area contributed by atoms with Crippen molar-refractivity contribution in [3.63, 3.8) is 0 Å². The molecule has 0 saturated carbocycles. The fourth-order valence-corrected chi connectivity index (χ4v) is 5.63. The Morgan fingerprint density at radius 2 is 1.90 bits per heavy atom. The Balaban J connectivity index is 1.56. The van der Waals surface area contributed by atoms with Crippen LogP contribution in [-0.4, -0.2) is 33.7 Å². The van der Waals surface area contributed by atoms with Crippen LogP contribution in [0.25, 0.3) is 20.7 Å². The van der Waals surface area contributed by atoms with Crippen LogP contribution in [0.15, 0.2) is 36.5 Å². The van der Waals surface area contributed by atoms with Gasteiger partial charge < -0.3 is 15.4 Å². The molecule has 1 aliphatic rings. The number of benzene rings is 1. The smallest absolute Gasteiger partial charge is 0.223 e. The predicted octanol–water partition coefficient (Wildman–Crippen LogP) is 5.48. The molecule has 1 aromatic carbocycles. The van der Waals surface area contributed by atoms with Crippen molar-refractivity contribution >= 4 is 27.4 Å². The van der Waals surface area contributed by atoms with E-state index in [1.807, 2.05) is 25.3 Å². The van der Waals surface area contributed by atoms with E-state index >= 15 is 0 Å². The number of piperidine rings is 1. The minimum atomic E-state index is 0.0841. The van der Waals surface area contributed by atoms with Gasteiger partial charge in [-0.25, -0.2) is 9.97 Å². The molecule has 0 atom stereocenters. The molecule has 3 aromatic rings. The number of aromatic nitrogens is 2. The van der Waals surface area contributed by atoms with Crippen LogP contribution in [0, 0.1) is 0 Å². The van der Waals surface area contributed by atoms with E-state index in [4.69, 9.17) is 9.72 Å². The van der Waals surface area contributed by atoms with E-state index in [-0.39, 0.29) is 11.1 Å². The van der Waals surface area contributed by atoms with Crippen LogP contribution in [0.5, 0.6) is 5.75 Å². The van der Waals surface area contributed by atoms with Gasteiger partial charge in [0, 0.05) is 28.0 Å². The molecular formula is C23H30N4OS. The molecule has 4 rings (SSSR count). The molecule has 2 aromatic heterocycles. The van der Waals surface area contributed by atoms with Crippen molar-refractivity contribution in [3.05, 3.63) is 36.5 Å². The van der Waals surface area contributed by atoms with E-state index < -0.39 is 0 Å². The zero-order valence-corrected chi connectivity index (χ0v) is 18.7. The summed E-state index contributed by atoms with van der Waals surface area (Å²) in [6.45, 7) is 11.7. The summed E-state index contributed by atoms with van der Waals surface area (Å²) < 4.78 is 6.84. The third-order valence-corrected chi connectivity index (χ3v) is 6.35. The quantitative estimate of drug-likeness (QED) is 0.583. The Bertz CT molecular complexity index is 995. The van der Waals surface area contributed by atoms with Gasteiger partial charge in [0.15, 0.2) is 0 Å². The van der Waals surface area contributed by atoms with Crippen LogP contribution < -0.4 is 15.4 Å². The third kappa shape index (κ3) is 4.70. The molecule has 0 spiro atoms. The average molecular weight is 411 g/mol. The lowest BCUT2D eigenvalue weighted by atomic mass is 9.80. The summed E-state index contributed by atoms with van der Waals surface area (Å²) in [6, 6.07) is 10.8. The number of nitrogens with one attached hydrogen (secondary N) is 2. The van der Waals surface area contributed by atoms with Crippen LogP contribution in [0.3, 0.4) is 0 Å². The highest BCUT2D eigenvalue weighted by molar-refractivity contribution is 7.22. The fourth-order valence-electron chi connectivity index (χ4n) is 4.57. The highest BCUT2D eigenvalue weighted by Crippen LogP contribution is 2.35. The molecule has 2 N–H and O–H groups in total. The number of hydrogen-bond acceptors (Lipinski definition) is 6. The molecule has 3 heterocycles. The molecule has 29 heavy (non-hydrogen) atoms. The van der Waals surface area contributed by atoms with Crippen LogP contribution in [0.1, 0.15) is 47.5 Å². The number of hydrogen-bond donors (Lipinski definition) is 2. The zero-order valence-electron chi connectivity index (χ0n) is 17.9. The Morgan fingerprint density at radius 1 is 1.14 bits per heavy atom.